The summed E-state index contributed by atoms with van der Waals surface area (Å²) in [6, 6.07) is 13.9. The maximum atomic E-state index is 12.5. The van der Waals surface area contributed by atoms with Crippen molar-refractivity contribution in [3.05, 3.63) is 71.0 Å². The predicted octanol–water partition coefficient (Wildman–Crippen LogP) is 4.43. The second-order valence-corrected chi connectivity index (χ2v) is 8.78. The number of carbonyl (C=O) groups is 2. The van der Waals surface area contributed by atoms with Gasteiger partial charge in [0.25, 0.3) is 11.7 Å². The Morgan fingerprint density at radius 3 is 2.29 bits per heavy atom. The maximum absolute atomic E-state index is 12.5. The molecule has 2 amide bonds. The maximum Gasteiger partial charge on any atom is 0.255 e. The minimum Gasteiger partial charge on any atom is -0.494 e. The quantitative estimate of drug-likeness (QED) is 0.352. The van der Waals surface area contributed by atoms with Crippen molar-refractivity contribution >= 4 is 40.7 Å². The van der Waals surface area contributed by atoms with Crippen LogP contribution in [-0.2, 0) is 4.79 Å². The fraction of sp³-hybridized carbons (Fsp3) is 0.240. The average molecular weight is 491 g/mol. The van der Waals surface area contributed by atoms with Crippen molar-refractivity contribution in [3.63, 3.8) is 0 Å². The first-order valence-electron chi connectivity index (χ1n) is 11.1. The number of aryl methyl sites for hydroxylation is 2. The molecular weight excluding hydrogens is 464 g/mol. The number of hydrogen-bond donors (Lipinski definition) is 2. The zero-order valence-electron chi connectivity index (χ0n) is 20.0. The summed E-state index contributed by atoms with van der Waals surface area (Å²) < 4.78 is 7.10. The highest BCUT2D eigenvalue weighted by Crippen LogP contribution is 2.19. The lowest BCUT2D eigenvalue weighted by atomic mass is 10.2. The number of ether oxygens (including phenoxy) is 1. The SMILES string of the molecule is CCOc1ccc(NC(=O)c2ccc(NC(=O)CSc3nc4nc(C)c(C)c(C)n4n3)cc2)cc1. The van der Waals surface area contributed by atoms with E-state index in [1.807, 2.05) is 27.7 Å². The Hall–Kier alpha value is -3.92. The van der Waals surface area contributed by atoms with E-state index in [-0.39, 0.29) is 17.6 Å². The molecule has 0 aliphatic heterocycles. The molecule has 35 heavy (non-hydrogen) atoms. The summed E-state index contributed by atoms with van der Waals surface area (Å²) in [6.45, 7) is 8.40. The molecular formula is C25H26N6O3S. The standard InChI is InChI=1S/C25H26N6O3S/c1-5-34-21-12-10-20(11-13-21)28-23(33)18-6-8-19(9-7-18)27-22(32)14-35-25-29-24-26-16(3)15(2)17(4)31(24)30-25/h6-13H,5,14H2,1-4H3,(H,27,32)(H,28,33). The highest BCUT2D eigenvalue weighted by molar-refractivity contribution is 7.99. The van der Waals surface area contributed by atoms with Gasteiger partial charge in [-0.1, -0.05) is 11.8 Å². The van der Waals surface area contributed by atoms with Crippen LogP contribution in [0.25, 0.3) is 5.78 Å². The van der Waals surface area contributed by atoms with Crippen molar-refractivity contribution < 1.29 is 14.3 Å². The van der Waals surface area contributed by atoms with Crippen LogP contribution in [0.4, 0.5) is 11.4 Å². The summed E-state index contributed by atoms with van der Waals surface area (Å²) in [5.41, 5.74) is 4.70. The molecule has 9 nitrogen and oxygen atoms in total. The number of thioether (sulfide) groups is 1. The van der Waals surface area contributed by atoms with E-state index in [0.29, 0.717) is 34.5 Å². The smallest absolute Gasteiger partial charge is 0.255 e. The number of fused-ring (bicyclic) bond motifs is 1. The molecule has 180 valence electrons. The van der Waals surface area contributed by atoms with Crippen molar-refractivity contribution in [2.75, 3.05) is 23.0 Å². The van der Waals surface area contributed by atoms with Crippen LogP contribution in [0.3, 0.4) is 0 Å². The lowest BCUT2D eigenvalue weighted by Gasteiger charge is -2.08. The molecule has 2 aromatic carbocycles. The molecule has 2 aromatic heterocycles. The first-order valence-corrected chi connectivity index (χ1v) is 12.1. The Bertz CT molecular complexity index is 1370. The Morgan fingerprint density at radius 1 is 0.943 bits per heavy atom. The van der Waals surface area contributed by atoms with Gasteiger partial charge < -0.3 is 15.4 Å². The number of aromatic nitrogens is 4. The predicted molar refractivity (Wildman–Crippen MR) is 136 cm³/mol. The van der Waals surface area contributed by atoms with Gasteiger partial charge in [-0.25, -0.2) is 9.50 Å². The Balaban J connectivity index is 1.31. The molecule has 0 aliphatic rings. The van der Waals surface area contributed by atoms with Crippen molar-refractivity contribution in [2.24, 2.45) is 0 Å². The van der Waals surface area contributed by atoms with Crippen molar-refractivity contribution in [2.45, 2.75) is 32.9 Å². The van der Waals surface area contributed by atoms with E-state index in [1.165, 1.54) is 11.8 Å². The van der Waals surface area contributed by atoms with Gasteiger partial charge in [0.1, 0.15) is 5.75 Å². The summed E-state index contributed by atoms with van der Waals surface area (Å²) in [4.78, 5) is 33.8. The number of amides is 2. The van der Waals surface area contributed by atoms with E-state index in [4.69, 9.17) is 4.74 Å². The van der Waals surface area contributed by atoms with Gasteiger partial charge in [0.05, 0.1) is 12.4 Å². The molecule has 0 fully saturated rings. The molecule has 0 saturated carbocycles. The third-order valence-corrected chi connectivity index (χ3v) is 6.27. The van der Waals surface area contributed by atoms with Gasteiger partial charge in [0, 0.05) is 28.3 Å². The van der Waals surface area contributed by atoms with E-state index in [1.54, 1.807) is 53.0 Å². The molecule has 0 unspecified atom stereocenters. The largest absolute Gasteiger partial charge is 0.494 e. The van der Waals surface area contributed by atoms with Gasteiger partial charge in [0.15, 0.2) is 0 Å². The Kier molecular flexibility index (Phi) is 7.31. The van der Waals surface area contributed by atoms with Gasteiger partial charge in [-0.05, 0) is 81.8 Å². The van der Waals surface area contributed by atoms with Gasteiger partial charge >= 0.3 is 0 Å². The second-order valence-electron chi connectivity index (χ2n) is 7.84. The van der Waals surface area contributed by atoms with Crippen molar-refractivity contribution in [1.82, 2.24) is 19.6 Å². The lowest BCUT2D eigenvalue weighted by molar-refractivity contribution is -0.113. The van der Waals surface area contributed by atoms with E-state index in [0.717, 1.165) is 22.7 Å². The number of carbonyl (C=O) groups excluding carboxylic acids is 2. The van der Waals surface area contributed by atoms with Crippen LogP contribution >= 0.6 is 11.8 Å². The molecule has 2 N–H and O–H groups in total. The molecule has 10 heteroatoms. The first-order chi connectivity index (χ1) is 16.8. The fourth-order valence-electron chi connectivity index (χ4n) is 3.34. The van der Waals surface area contributed by atoms with E-state index in [2.05, 4.69) is 25.7 Å². The van der Waals surface area contributed by atoms with Crippen LogP contribution in [0.2, 0.25) is 0 Å². The minimum atomic E-state index is -0.241. The number of rotatable bonds is 8. The molecule has 0 saturated heterocycles. The molecule has 0 atom stereocenters. The molecule has 0 radical (unpaired) electrons. The molecule has 0 spiro atoms. The minimum absolute atomic E-state index is 0.147. The zero-order chi connectivity index (χ0) is 24.9. The number of hydrogen-bond acceptors (Lipinski definition) is 7. The van der Waals surface area contributed by atoms with Crippen LogP contribution in [0.1, 0.15) is 34.2 Å². The lowest BCUT2D eigenvalue weighted by Crippen LogP contribution is -2.15. The third kappa shape index (κ3) is 5.78. The number of benzene rings is 2. The van der Waals surface area contributed by atoms with E-state index >= 15 is 0 Å². The number of anilines is 2. The van der Waals surface area contributed by atoms with Crippen LogP contribution in [0, 0.1) is 20.8 Å². The monoisotopic (exact) mass is 490 g/mol. The number of nitrogens with zero attached hydrogens (tertiary/aromatic N) is 4. The normalized spacial score (nSPS) is 10.9. The second kappa shape index (κ2) is 10.6. The summed E-state index contributed by atoms with van der Waals surface area (Å²) >= 11 is 1.24. The fourth-order valence-corrected chi connectivity index (χ4v) is 3.95. The Morgan fingerprint density at radius 2 is 1.60 bits per heavy atom. The third-order valence-electron chi connectivity index (χ3n) is 5.43. The zero-order valence-corrected chi connectivity index (χ0v) is 20.8. The van der Waals surface area contributed by atoms with Crippen molar-refractivity contribution in [1.29, 1.82) is 0 Å². The summed E-state index contributed by atoms with van der Waals surface area (Å²) in [5, 5.41) is 10.6. The molecule has 2 heterocycles. The summed E-state index contributed by atoms with van der Waals surface area (Å²) in [7, 11) is 0. The summed E-state index contributed by atoms with van der Waals surface area (Å²) in [5.74, 6) is 0.978. The summed E-state index contributed by atoms with van der Waals surface area (Å²) in [6.07, 6.45) is 0. The van der Waals surface area contributed by atoms with Gasteiger partial charge in [-0.2, -0.15) is 4.98 Å². The highest BCUT2D eigenvalue weighted by atomic mass is 32.2. The van der Waals surface area contributed by atoms with Crippen LogP contribution in [0.15, 0.2) is 53.7 Å². The van der Waals surface area contributed by atoms with E-state index < -0.39 is 0 Å². The van der Waals surface area contributed by atoms with Gasteiger partial charge in [0.2, 0.25) is 11.1 Å². The molecule has 4 rings (SSSR count). The van der Waals surface area contributed by atoms with E-state index in [9.17, 15) is 9.59 Å². The van der Waals surface area contributed by atoms with Crippen molar-refractivity contribution in [3.8, 4) is 5.75 Å². The van der Waals surface area contributed by atoms with Gasteiger partial charge in [-0.3, -0.25) is 9.59 Å². The molecule has 0 bridgehead atoms. The van der Waals surface area contributed by atoms with Crippen LogP contribution in [-0.4, -0.2) is 43.8 Å². The number of nitrogens with one attached hydrogen (secondary N) is 2. The van der Waals surface area contributed by atoms with Crippen LogP contribution in [0.5, 0.6) is 5.75 Å². The van der Waals surface area contributed by atoms with Gasteiger partial charge in [-0.15, -0.1) is 5.10 Å². The molecule has 4 aromatic rings. The van der Waals surface area contributed by atoms with Crippen LogP contribution < -0.4 is 15.4 Å². The first kappa shape index (κ1) is 24.2. The highest BCUT2D eigenvalue weighted by Gasteiger charge is 2.13. The molecule has 0 aliphatic carbocycles. The Labute approximate surface area is 207 Å². The average Bonchev–Trinajstić information content (AvgIpc) is 3.26. The topological polar surface area (TPSA) is 111 Å².